The molecule has 2 fully saturated rings. The number of urea groups is 1. The maximum atomic E-state index is 13.9. The van der Waals surface area contributed by atoms with Gasteiger partial charge in [0.15, 0.2) is 11.5 Å². The summed E-state index contributed by atoms with van der Waals surface area (Å²) in [5.41, 5.74) is 2.30. The van der Waals surface area contributed by atoms with Gasteiger partial charge in [0.05, 0.1) is 14.2 Å². The number of aliphatic carboxylic acids is 1. The molecule has 0 bridgehead atoms. The highest BCUT2D eigenvalue weighted by Gasteiger charge is 2.52. The number of rotatable bonds is 6. The standard InChI is InChI=1S/C27H36FN3O3.C2HF3O2/c1-17(2)31-13-12-27(19-7-9-23(33-4)24(14-19)34-5)11-10-21(16-25(27)31)30-26(32)29-20-8-6-18(3)22(28)15-20;3-2(4,5)1(6)7/h6-9,14-15,17,21,25H,10-13,16H2,1-5H3,(H2,29,30,32);(H,6,7). The number of nitrogens with zero attached hydrogens (tertiary/aromatic N) is 1. The molecule has 1 saturated heterocycles. The van der Waals surface area contributed by atoms with Crippen LogP contribution >= 0.6 is 0 Å². The molecule has 2 aromatic carbocycles. The van der Waals surface area contributed by atoms with Gasteiger partial charge in [-0.1, -0.05) is 12.1 Å². The molecule has 3 atom stereocenters. The SMILES string of the molecule is COc1ccc(C23CCC(NC(=O)Nc4ccc(C)c(F)c4)CC2N(C(C)C)CC3)cc1OC.O=C(O)C(F)(F)F. The van der Waals surface area contributed by atoms with E-state index in [1.807, 2.05) is 6.07 Å². The number of methoxy groups -OCH3 is 2. The van der Waals surface area contributed by atoms with Crippen molar-refractivity contribution < 1.29 is 41.7 Å². The van der Waals surface area contributed by atoms with Crippen molar-refractivity contribution in [2.45, 2.75) is 76.2 Å². The minimum atomic E-state index is -5.08. The number of carbonyl (C=O) groups is 2. The number of aryl methyl sites for hydroxylation is 1. The number of alkyl halides is 3. The van der Waals surface area contributed by atoms with Crippen LogP contribution in [0.5, 0.6) is 11.5 Å². The predicted octanol–water partition coefficient (Wildman–Crippen LogP) is 5.88. The largest absolute Gasteiger partial charge is 0.493 e. The van der Waals surface area contributed by atoms with Gasteiger partial charge in [0.25, 0.3) is 0 Å². The molecule has 8 nitrogen and oxygen atoms in total. The third-order valence-corrected chi connectivity index (χ3v) is 7.93. The Morgan fingerprint density at radius 3 is 2.29 bits per heavy atom. The van der Waals surface area contributed by atoms with Crippen molar-refractivity contribution in [1.29, 1.82) is 0 Å². The second kappa shape index (κ2) is 13.0. The molecule has 3 unspecified atom stereocenters. The van der Waals surface area contributed by atoms with E-state index in [4.69, 9.17) is 19.4 Å². The van der Waals surface area contributed by atoms with Crippen molar-refractivity contribution >= 4 is 17.7 Å². The van der Waals surface area contributed by atoms with Crippen LogP contribution in [0.1, 0.15) is 50.7 Å². The Morgan fingerprint density at radius 2 is 1.73 bits per heavy atom. The van der Waals surface area contributed by atoms with Crippen LogP contribution in [0.2, 0.25) is 0 Å². The fourth-order valence-electron chi connectivity index (χ4n) is 5.84. The molecule has 1 saturated carbocycles. The van der Waals surface area contributed by atoms with Crippen LogP contribution < -0.4 is 20.1 Å². The summed E-state index contributed by atoms with van der Waals surface area (Å²) in [7, 11) is 3.33. The fraction of sp³-hybridized carbons (Fsp3) is 0.517. The van der Waals surface area contributed by atoms with Gasteiger partial charge >= 0.3 is 18.2 Å². The number of carboxylic acids is 1. The third-order valence-electron chi connectivity index (χ3n) is 7.93. The molecule has 1 aliphatic carbocycles. The van der Waals surface area contributed by atoms with Gasteiger partial charge in [0.1, 0.15) is 5.82 Å². The molecule has 3 N–H and O–H groups in total. The van der Waals surface area contributed by atoms with Gasteiger partial charge in [-0.2, -0.15) is 13.2 Å². The fourth-order valence-corrected chi connectivity index (χ4v) is 5.84. The summed E-state index contributed by atoms with van der Waals surface area (Å²) in [6, 6.07) is 11.5. The van der Waals surface area contributed by atoms with Crippen molar-refractivity contribution in [2.75, 3.05) is 26.1 Å². The van der Waals surface area contributed by atoms with E-state index in [1.54, 1.807) is 33.3 Å². The van der Waals surface area contributed by atoms with Crippen molar-refractivity contribution in [3.05, 3.63) is 53.3 Å². The molecule has 1 heterocycles. The molecule has 1 aliphatic heterocycles. The summed E-state index contributed by atoms with van der Waals surface area (Å²) in [5, 5.41) is 13.0. The highest BCUT2D eigenvalue weighted by molar-refractivity contribution is 5.89. The van der Waals surface area contributed by atoms with Crippen molar-refractivity contribution in [2.24, 2.45) is 0 Å². The molecular formula is C29H37F4N3O5. The number of hydrogen-bond acceptors (Lipinski definition) is 5. The lowest BCUT2D eigenvalue weighted by Gasteiger charge is -2.46. The van der Waals surface area contributed by atoms with E-state index < -0.39 is 12.1 Å². The highest BCUT2D eigenvalue weighted by Crippen LogP contribution is 2.50. The number of nitrogens with one attached hydrogen (secondary N) is 2. The molecule has 12 heteroatoms. The number of carboxylic acid groups (broad SMARTS) is 1. The lowest BCUT2D eigenvalue weighted by Crippen LogP contribution is -2.54. The zero-order valence-corrected chi connectivity index (χ0v) is 23.8. The number of hydrogen-bond donors (Lipinski definition) is 3. The average molecular weight is 584 g/mol. The molecule has 2 aromatic rings. The number of likely N-dealkylation sites (tertiary alicyclic amines) is 1. The predicted molar refractivity (Wildman–Crippen MR) is 146 cm³/mol. The molecule has 4 rings (SSSR count). The molecule has 41 heavy (non-hydrogen) atoms. The van der Waals surface area contributed by atoms with Crippen LogP contribution in [0.25, 0.3) is 0 Å². The highest BCUT2D eigenvalue weighted by atomic mass is 19.4. The van der Waals surface area contributed by atoms with Crippen LogP contribution in [0.4, 0.5) is 28.0 Å². The Bertz CT molecular complexity index is 1240. The van der Waals surface area contributed by atoms with Crippen LogP contribution in [0.3, 0.4) is 0 Å². The van der Waals surface area contributed by atoms with E-state index in [0.717, 1.165) is 43.7 Å². The number of halogens is 4. The van der Waals surface area contributed by atoms with E-state index in [9.17, 15) is 22.4 Å². The number of amides is 2. The summed E-state index contributed by atoms with van der Waals surface area (Å²) in [6.45, 7) is 7.20. The smallest absolute Gasteiger partial charge is 0.490 e. The summed E-state index contributed by atoms with van der Waals surface area (Å²) >= 11 is 0. The quantitative estimate of drug-likeness (QED) is 0.368. The van der Waals surface area contributed by atoms with Crippen LogP contribution in [0.15, 0.2) is 36.4 Å². The minimum absolute atomic E-state index is 0.0125. The van der Waals surface area contributed by atoms with Gasteiger partial charge in [0.2, 0.25) is 0 Å². The minimum Gasteiger partial charge on any atom is -0.493 e. The Balaban J connectivity index is 0.000000587. The molecule has 0 aromatic heterocycles. The Morgan fingerprint density at radius 1 is 1.07 bits per heavy atom. The first-order valence-corrected chi connectivity index (χ1v) is 13.3. The number of carbonyl (C=O) groups excluding carboxylic acids is 1. The van der Waals surface area contributed by atoms with E-state index in [-0.39, 0.29) is 23.3 Å². The van der Waals surface area contributed by atoms with E-state index in [2.05, 4.69) is 41.5 Å². The Kier molecular flexibility index (Phi) is 10.1. The number of anilines is 1. The molecule has 0 radical (unpaired) electrons. The van der Waals surface area contributed by atoms with E-state index in [0.29, 0.717) is 23.3 Å². The van der Waals surface area contributed by atoms with Gasteiger partial charge in [-0.25, -0.2) is 14.0 Å². The molecule has 226 valence electrons. The van der Waals surface area contributed by atoms with Crippen molar-refractivity contribution in [3.8, 4) is 11.5 Å². The zero-order valence-electron chi connectivity index (χ0n) is 23.8. The molecule has 0 spiro atoms. The van der Waals surface area contributed by atoms with Gasteiger partial charge < -0.3 is 25.2 Å². The Hall–Kier alpha value is -3.54. The van der Waals surface area contributed by atoms with Crippen LogP contribution in [-0.2, 0) is 10.2 Å². The van der Waals surface area contributed by atoms with E-state index >= 15 is 0 Å². The van der Waals surface area contributed by atoms with Gasteiger partial charge in [-0.3, -0.25) is 4.90 Å². The zero-order chi connectivity index (χ0) is 30.5. The first-order chi connectivity index (χ1) is 19.2. The van der Waals surface area contributed by atoms with Crippen molar-refractivity contribution in [3.63, 3.8) is 0 Å². The van der Waals surface area contributed by atoms with Crippen molar-refractivity contribution in [1.82, 2.24) is 10.2 Å². The third kappa shape index (κ3) is 7.41. The lowest BCUT2D eigenvalue weighted by atomic mass is 9.65. The normalized spacial score (nSPS) is 22.3. The van der Waals surface area contributed by atoms with Gasteiger partial charge in [0, 0.05) is 29.2 Å². The second-order valence-corrected chi connectivity index (χ2v) is 10.7. The number of fused-ring (bicyclic) bond motifs is 1. The Labute approximate surface area is 237 Å². The summed E-state index contributed by atoms with van der Waals surface area (Å²) in [5.74, 6) is -1.60. The van der Waals surface area contributed by atoms with Gasteiger partial charge in [-0.15, -0.1) is 0 Å². The topological polar surface area (TPSA) is 100 Å². The average Bonchev–Trinajstić information content (AvgIpc) is 3.30. The summed E-state index contributed by atoms with van der Waals surface area (Å²) in [6.07, 6.45) is -1.29. The van der Waals surface area contributed by atoms with Gasteiger partial charge in [-0.05, 0) is 88.4 Å². The number of benzene rings is 2. The first-order valence-electron chi connectivity index (χ1n) is 13.3. The second-order valence-electron chi connectivity index (χ2n) is 10.7. The molecule has 2 aliphatic rings. The maximum absolute atomic E-state index is 13.9. The van der Waals surface area contributed by atoms with Crippen LogP contribution in [-0.4, -0.2) is 67.1 Å². The van der Waals surface area contributed by atoms with E-state index in [1.165, 1.54) is 11.6 Å². The lowest BCUT2D eigenvalue weighted by molar-refractivity contribution is -0.192. The monoisotopic (exact) mass is 583 g/mol. The summed E-state index contributed by atoms with van der Waals surface area (Å²) < 4.78 is 56.7. The molecular weight excluding hydrogens is 546 g/mol. The summed E-state index contributed by atoms with van der Waals surface area (Å²) in [4.78, 5) is 24.2. The maximum Gasteiger partial charge on any atom is 0.490 e. The first kappa shape index (κ1) is 32.0. The number of ether oxygens (including phenoxy) is 2. The molecule has 2 amide bonds. The van der Waals surface area contributed by atoms with Crippen LogP contribution in [0, 0.1) is 12.7 Å².